The Morgan fingerprint density at radius 2 is 1.75 bits per heavy atom. The van der Waals surface area contributed by atoms with Gasteiger partial charge in [-0.2, -0.15) is 0 Å². The number of rotatable bonds is 1. The van der Waals surface area contributed by atoms with Crippen molar-refractivity contribution >= 4 is 0 Å². The second-order valence-corrected chi connectivity index (χ2v) is 6.29. The van der Waals surface area contributed by atoms with Gasteiger partial charge in [-0.05, 0) is 61.6 Å². The Hall–Kier alpha value is -1.06. The first-order valence-electron chi connectivity index (χ1n) is 7.16. The van der Waals surface area contributed by atoms with Crippen LogP contribution in [0.5, 0.6) is 0 Å². The second kappa shape index (κ2) is 4.47. The summed E-state index contributed by atoms with van der Waals surface area (Å²) in [6.07, 6.45) is 1.55. The van der Waals surface area contributed by atoms with E-state index in [4.69, 9.17) is 0 Å². The number of benzene rings is 1. The van der Waals surface area contributed by atoms with E-state index in [0.29, 0.717) is 19.3 Å². The highest BCUT2D eigenvalue weighted by atomic mass is 19.3. The van der Waals surface area contributed by atoms with Crippen molar-refractivity contribution in [3.05, 3.63) is 34.4 Å². The lowest BCUT2D eigenvalue weighted by molar-refractivity contribution is -0.0409. The number of fused-ring (bicyclic) bond motifs is 1. The maximum atomic E-state index is 13.9. The lowest BCUT2D eigenvalue weighted by Gasteiger charge is -2.22. The zero-order valence-corrected chi connectivity index (χ0v) is 11.6. The average Bonchev–Trinajstić information content (AvgIpc) is 2.94. The van der Waals surface area contributed by atoms with Crippen molar-refractivity contribution in [3.63, 3.8) is 0 Å². The lowest BCUT2D eigenvalue weighted by atomic mass is 9.83. The predicted molar refractivity (Wildman–Crippen MR) is 69.0 cm³/mol. The molecule has 1 aromatic carbocycles. The minimum absolute atomic E-state index is 0.0535. The van der Waals surface area contributed by atoms with Gasteiger partial charge in [0.05, 0.1) is 0 Å². The van der Waals surface area contributed by atoms with Crippen LogP contribution in [0.2, 0.25) is 0 Å². The SMILES string of the molecule is Cc1cc(C2CC[C@H]3[C@@H]2CCC3(F)F)c(C)c(F)c1F. The smallest absolute Gasteiger partial charge is 0.207 e. The summed E-state index contributed by atoms with van der Waals surface area (Å²) in [5.41, 5.74) is 1.27. The number of aryl methyl sites for hydroxylation is 1. The van der Waals surface area contributed by atoms with Crippen LogP contribution in [0, 0.1) is 37.3 Å². The summed E-state index contributed by atoms with van der Waals surface area (Å²) in [5, 5.41) is 0. The molecule has 2 aliphatic carbocycles. The third-order valence-electron chi connectivity index (χ3n) is 5.25. The Labute approximate surface area is 116 Å². The van der Waals surface area contributed by atoms with Gasteiger partial charge in [0, 0.05) is 12.3 Å². The average molecular weight is 286 g/mol. The summed E-state index contributed by atoms with van der Waals surface area (Å²) in [5.74, 6) is -4.96. The maximum absolute atomic E-state index is 13.9. The molecule has 0 bridgehead atoms. The lowest BCUT2D eigenvalue weighted by Crippen LogP contribution is -2.23. The molecule has 0 amide bonds. The largest absolute Gasteiger partial charge is 0.251 e. The van der Waals surface area contributed by atoms with Gasteiger partial charge in [-0.15, -0.1) is 0 Å². The third kappa shape index (κ3) is 1.87. The molecule has 0 nitrogen and oxygen atoms in total. The molecule has 2 aliphatic rings. The molecule has 0 N–H and O–H groups in total. The fourth-order valence-electron chi connectivity index (χ4n) is 4.18. The minimum atomic E-state index is -2.58. The van der Waals surface area contributed by atoms with E-state index >= 15 is 0 Å². The number of halogens is 4. The van der Waals surface area contributed by atoms with Crippen LogP contribution in [0.25, 0.3) is 0 Å². The quantitative estimate of drug-likeness (QED) is 0.628. The molecule has 0 aromatic heterocycles. The monoisotopic (exact) mass is 286 g/mol. The molecule has 0 aliphatic heterocycles. The normalized spacial score (nSPS) is 31.6. The molecule has 0 saturated heterocycles. The number of hydrogen-bond acceptors (Lipinski definition) is 0. The van der Waals surface area contributed by atoms with Crippen LogP contribution in [0.4, 0.5) is 17.6 Å². The first kappa shape index (κ1) is 13.9. The summed E-state index contributed by atoms with van der Waals surface area (Å²) in [6, 6.07) is 1.65. The van der Waals surface area contributed by atoms with E-state index in [2.05, 4.69) is 0 Å². The molecule has 0 heterocycles. The first-order valence-corrected chi connectivity index (χ1v) is 7.16. The van der Waals surface area contributed by atoms with Gasteiger partial charge in [0.1, 0.15) is 0 Å². The Balaban J connectivity index is 2.00. The van der Waals surface area contributed by atoms with Crippen LogP contribution < -0.4 is 0 Å². The van der Waals surface area contributed by atoms with Gasteiger partial charge in [-0.1, -0.05) is 6.07 Å². The van der Waals surface area contributed by atoms with Gasteiger partial charge in [0.2, 0.25) is 0 Å². The van der Waals surface area contributed by atoms with E-state index < -0.39 is 23.5 Å². The second-order valence-electron chi connectivity index (χ2n) is 6.29. The Morgan fingerprint density at radius 1 is 1.05 bits per heavy atom. The molecule has 20 heavy (non-hydrogen) atoms. The van der Waals surface area contributed by atoms with Gasteiger partial charge in [0.25, 0.3) is 5.92 Å². The standard InChI is InChI=1S/C16H18F4/c1-8-7-12(9(2)15(18)14(8)17)10-3-4-13-11(10)5-6-16(13,19)20/h7,10-11,13H,3-6H2,1-2H3/t10?,11-,13+/m1/s1. The zero-order valence-electron chi connectivity index (χ0n) is 11.6. The van der Waals surface area contributed by atoms with Crippen molar-refractivity contribution in [2.75, 3.05) is 0 Å². The summed E-state index contributed by atoms with van der Waals surface area (Å²) in [4.78, 5) is 0. The first-order chi connectivity index (χ1) is 9.33. The van der Waals surface area contributed by atoms with Gasteiger partial charge >= 0.3 is 0 Å². The van der Waals surface area contributed by atoms with Crippen molar-refractivity contribution < 1.29 is 17.6 Å². The van der Waals surface area contributed by atoms with Gasteiger partial charge in [-0.3, -0.25) is 0 Å². The van der Waals surface area contributed by atoms with Crippen molar-refractivity contribution in [1.29, 1.82) is 0 Å². The summed E-state index contributed by atoms with van der Waals surface area (Å²) in [7, 11) is 0. The van der Waals surface area contributed by atoms with Crippen molar-refractivity contribution in [2.24, 2.45) is 11.8 Å². The van der Waals surface area contributed by atoms with E-state index in [-0.39, 0.29) is 29.4 Å². The van der Waals surface area contributed by atoms with Crippen LogP contribution in [0.1, 0.15) is 48.3 Å². The Bertz CT molecular complexity index is 550. The molecule has 0 radical (unpaired) electrons. The molecule has 2 fully saturated rings. The Kier molecular flexibility index (Phi) is 3.11. The molecule has 0 spiro atoms. The van der Waals surface area contributed by atoms with Crippen LogP contribution in [0.15, 0.2) is 6.07 Å². The fraction of sp³-hybridized carbons (Fsp3) is 0.625. The van der Waals surface area contributed by atoms with Gasteiger partial charge < -0.3 is 0 Å². The number of alkyl halides is 2. The van der Waals surface area contributed by atoms with Crippen LogP contribution in [-0.4, -0.2) is 5.92 Å². The van der Waals surface area contributed by atoms with E-state index in [1.54, 1.807) is 13.0 Å². The van der Waals surface area contributed by atoms with Crippen LogP contribution in [-0.2, 0) is 0 Å². The molecular weight excluding hydrogens is 268 g/mol. The zero-order chi connectivity index (χ0) is 14.7. The number of hydrogen-bond donors (Lipinski definition) is 0. The van der Waals surface area contributed by atoms with Gasteiger partial charge in [-0.25, -0.2) is 17.6 Å². The third-order valence-corrected chi connectivity index (χ3v) is 5.25. The van der Waals surface area contributed by atoms with E-state index in [9.17, 15) is 17.6 Å². The molecule has 1 unspecified atom stereocenters. The summed E-state index contributed by atoms with van der Waals surface area (Å²) < 4.78 is 55.0. The molecule has 110 valence electrons. The van der Waals surface area contributed by atoms with Crippen molar-refractivity contribution in [1.82, 2.24) is 0 Å². The van der Waals surface area contributed by atoms with Crippen LogP contribution >= 0.6 is 0 Å². The molecule has 3 rings (SSSR count). The van der Waals surface area contributed by atoms with Gasteiger partial charge in [0.15, 0.2) is 11.6 Å². The fourth-order valence-corrected chi connectivity index (χ4v) is 4.18. The highest BCUT2D eigenvalue weighted by Gasteiger charge is 2.55. The topological polar surface area (TPSA) is 0 Å². The maximum Gasteiger partial charge on any atom is 0.251 e. The van der Waals surface area contributed by atoms with Crippen molar-refractivity contribution in [3.8, 4) is 0 Å². The van der Waals surface area contributed by atoms with Crippen LogP contribution in [0.3, 0.4) is 0 Å². The molecular formula is C16H18F4. The molecule has 1 aromatic rings. The summed E-state index contributed by atoms with van der Waals surface area (Å²) >= 11 is 0. The summed E-state index contributed by atoms with van der Waals surface area (Å²) in [6.45, 7) is 3.07. The molecule has 3 atom stereocenters. The molecule has 2 saturated carbocycles. The Morgan fingerprint density at radius 3 is 2.45 bits per heavy atom. The minimum Gasteiger partial charge on any atom is -0.207 e. The highest BCUT2D eigenvalue weighted by molar-refractivity contribution is 5.37. The molecule has 4 heteroatoms. The van der Waals surface area contributed by atoms with E-state index in [1.807, 2.05) is 0 Å². The van der Waals surface area contributed by atoms with Crippen molar-refractivity contribution in [2.45, 2.75) is 51.4 Å². The van der Waals surface area contributed by atoms with E-state index in [0.717, 1.165) is 5.56 Å². The highest BCUT2D eigenvalue weighted by Crippen LogP contribution is 2.58. The predicted octanol–water partition coefficient (Wildman–Crippen LogP) is 5.12. The van der Waals surface area contributed by atoms with E-state index in [1.165, 1.54) is 6.92 Å².